The van der Waals surface area contributed by atoms with Gasteiger partial charge in [-0.05, 0) is 42.7 Å². The molecule has 26 heavy (non-hydrogen) atoms. The lowest BCUT2D eigenvalue weighted by molar-refractivity contribution is -0.120. The van der Waals surface area contributed by atoms with Crippen molar-refractivity contribution in [1.82, 2.24) is 4.90 Å². The molecular weight excluding hydrogens is 332 g/mol. The van der Waals surface area contributed by atoms with Crippen LogP contribution in [-0.2, 0) is 16.1 Å². The minimum Gasteiger partial charge on any atom is -0.497 e. The smallest absolute Gasteiger partial charge is 0.410 e. The molecule has 2 amide bonds. The Morgan fingerprint density at radius 2 is 1.85 bits per heavy atom. The molecule has 1 fully saturated rings. The van der Waals surface area contributed by atoms with E-state index in [1.54, 1.807) is 31.4 Å². The standard InChI is InChI=1S/C20H22N2O4/c1-25-17-11-9-16(10-12-17)21-19(23)18-8-5-13-22(18)20(24)26-14-15-6-3-2-4-7-15/h2-4,6-7,9-12,18H,5,8,13-14H2,1H3,(H,21,23)/t18-/m1/s1. The number of nitrogens with zero attached hydrogens (tertiary/aromatic N) is 1. The number of anilines is 1. The molecular formula is C20H22N2O4. The summed E-state index contributed by atoms with van der Waals surface area (Å²) in [6, 6.07) is 16.1. The number of rotatable bonds is 5. The average molecular weight is 354 g/mol. The van der Waals surface area contributed by atoms with Gasteiger partial charge in [-0.15, -0.1) is 0 Å². The molecule has 0 saturated carbocycles. The van der Waals surface area contributed by atoms with Gasteiger partial charge in [-0.25, -0.2) is 4.79 Å². The maximum Gasteiger partial charge on any atom is 0.410 e. The first kappa shape index (κ1) is 17.8. The van der Waals surface area contributed by atoms with Crippen molar-refractivity contribution in [3.8, 4) is 5.75 Å². The van der Waals surface area contributed by atoms with E-state index < -0.39 is 12.1 Å². The Labute approximate surface area is 152 Å². The summed E-state index contributed by atoms with van der Waals surface area (Å²) in [5, 5.41) is 2.85. The number of hydrogen-bond donors (Lipinski definition) is 1. The summed E-state index contributed by atoms with van der Waals surface area (Å²) in [5.74, 6) is 0.513. The van der Waals surface area contributed by atoms with Gasteiger partial charge in [-0.2, -0.15) is 0 Å². The lowest BCUT2D eigenvalue weighted by atomic mass is 10.2. The van der Waals surface area contributed by atoms with Crippen molar-refractivity contribution in [3.63, 3.8) is 0 Å². The molecule has 0 aromatic heterocycles. The Morgan fingerprint density at radius 1 is 1.12 bits per heavy atom. The van der Waals surface area contributed by atoms with Crippen molar-refractivity contribution < 1.29 is 19.1 Å². The summed E-state index contributed by atoms with van der Waals surface area (Å²) in [4.78, 5) is 26.4. The number of benzene rings is 2. The third kappa shape index (κ3) is 4.33. The predicted molar refractivity (Wildman–Crippen MR) is 98.0 cm³/mol. The minimum atomic E-state index is -0.514. The van der Waals surface area contributed by atoms with Crippen LogP contribution in [0.15, 0.2) is 54.6 Å². The topological polar surface area (TPSA) is 67.9 Å². The van der Waals surface area contributed by atoms with Crippen LogP contribution in [0.2, 0.25) is 0 Å². The summed E-state index contributed by atoms with van der Waals surface area (Å²) in [6.07, 6.45) is 0.949. The Kier molecular flexibility index (Phi) is 5.73. The van der Waals surface area contributed by atoms with Gasteiger partial charge in [0.05, 0.1) is 7.11 Å². The highest BCUT2D eigenvalue weighted by Crippen LogP contribution is 2.21. The van der Waals surface area contributed by atoms with Crippen molar-refractivity contribution in [1.29, 1.82) is 0 Å². The zero-order valence-corrected chi connectivity index (χ0v) is 14.7. The summed E-state index contributed by atoms with van der Waals surface area (Å²) < 4.78 is 10.5. The Morgan fingerprint density at radius 3 is 2.54 bits per heavy atom. The van der Waals surface area contributed by atoms with E-state index in [0.29, 0.717) is 18.7 Å². The molecule has 0 spiro atoms. The van der Waals surface area contributed by atoms with E-state index in [4.69, 9.17) is 9.47 Å². The van der Waals surface area contributed by atoms with E-state index >= 15 is 0 Å². The molecule has 1 aliphatic rings. The van der Waals surface area contributed by atoms with Gasteiger partial charge in [-0.1, -0.05) is 30.3 Å². The van der Waals surface area contributed by atoms with Crippen LogP contribution < -0.4 is 10.1 Å². The Bertz CT molecular complexity index is 746. The predicted octanol–water partition coefficient (Wildman–Crippen LogP) is 3.43. The Balaban J connectivity index is 1.57. The second-order valence-electron chi connectivity index (χ2n) is 6.11. The first-order chi connectivity index (χ1) is 12.7. The molecule has 2 aromatic rings. The molecule has 1 atom stereocenters. The van der Waals surface area contributed by atoms with E-state index in [2.05, 4.69) is 5.32 Å². The SMILES string of the molecule is COc1ccc(NC(=O)[C@H]2CCCN2C(=O)OCc2ccccc2)cc1. The first-order valence-corrected chi connectivity index (χ1v) is 8.59. The molecule has 136 valence electrons. The quantitative estimate of drug-likeness (QED) is 0.893. The zero-order valence-electron chi connectivity index (χ0n) is 14.7. The van der Waals surface area contributed by atoms with Gasteiger partial charge in [-0.3, -0.25) is 9.69 Å². The van der Waals surface area contributed by atoms with Crippen LogP contribution in [-0.4, -0.2) is 36.6 Å². The second-order valence-corrected chi connectivity index (χ2v) is 6.11. The highest BCUT2D eigenvalue weighted by atomic mass is 16.6. The maximum absolute atomic E-state index is 12.6. The monoisotopic (exact) mass is 354 g/mol. The molecule has 6 nitrogen and oxygen atoms in total. The van der Waals surface area contributed by atoms with Gasteiger partial charge < -0.3 is 14.8 Å². The minimum absolute atomic E-state index is 0.197. The van der Waals surface area contributed by atoms with Gasteiger partial charge in [0.2, 0.25) is 5.91 Å². The number of carbonyl (C=O) groups excluding carboxylic acids is 2. The summed E-state index contributed by atoms with van der Waals surface area (Å²) in [6.45, 7) is 0.720. The third-order valence-electron chi connectivity index (χ3n) is 4.35. The van der Waals surface area contributed by atoms with Crippen LogP contribution in [0.4, 0.5) is 10.5 Å². The average Bonchev–Trinajstić information content (AvgIpc) is 3.17. The molecule has 3 rings (SSSR count). The van der Waals surface area contributed by atoms with Crippen molar-refractivity contribution in [2.45, 2.75) is 25.5 Å². The third-order valence-corrected chi connectivity index (χ3v) is 4.35. The molecule has 1 aliphatic heterocycles. The van der Waals surface area contributed by atoms with Crippen LogP contribution in [0.1, 0.15) is 18.4 Å². The molecule has 6 heteroatoms. The number of methoxy groups -OCH3 is 1. The maximum atomic E-state index is 12.6. The van der Waals surface area contributed by atoms with Gasteiger partial charge in [0.15, 0.2) is 0 Å². The van der Waals surface area contributed by atoms with Crippen LogP contribution in [0.25, 0.3) is 0 Å². The van der Waals surface area contributed by atoms with Crippen LogP contribution in [0, 0.1) is 0 Å². The summed E-state index contributed by atoms with van der Waals surface area (Å²) in [7, 11) is 1.59. The number of amides is 2. The second kappa shape index (κ2) is 8.38. The number of carbonyl (C=O) groups is 2. The normalized spacial score (nSPS) is 16.2. The van der Waals surface area contributed by atoms with Gasteiger partial charge >= 0.3 is 6.09 Å². The number of hydrogen-bond acceptors (Lipinski definition) is 4. The molecule has 1 N–H and O–H groups in total. The van der Waals surface area contributed by atoms with Crippen molar-refractivity contribution in [2.75, 3.05) is 19.0 Å². The molecule has 0 aliphatic carbocycles. The molecule has 2 aromatic carbocycles. The van der Waals surface area contributed by atoms with Crippen LogP contribution >= 0.6 is 0 Å². The molecule has 1 saturated heterocycles. The highest BCUT2D eigenvalue weighted by molar-refractivity contribution is 5.96. The van der Waals surface area contributed by atoms with Crippen LogP contribution in [0.5, 0.6) is 5.75 Å². The number of ether oxygens (including phenoxy) is 2. The summed E-state index contributed by atoms with van der Waals surface area (Å²) >= 11 is 0. The fraction of sp³-hybridized carbons (Fsp3) is 0.300. The van der Waals surface area contributed by atoms with Crippen LogP contribution in [0.3, 0.4) is 0 Å². The van der Waals surface area contributed by atoms with E-state index in [9.17, 15) is 9.59 Å². The zero-order chi connectivity index (χ0) is 18.4. The van der Waals surface area contributed by atoms with E-state index in [0.717, 1.165) is 17.7 Å². The lowest BCUT2D eigenvalue weighted by Crippen LogP contribution is -2.43. The van der Waals surface area contributed by atoms with Gasteiger partial charge in [0.1, 0.15) is 18.4 Å². The highest BCUT2D eigenvalue weighted by Gasteiger charge is 2.35. The Hall–Kier alpha value is -3.02. The van der Waals surface area contributed by atoms with Crippen molar-refractivity contribution in [2.24, 2.45) is 0 Å². The number of nitrogens with one attached hydrogen (secondary N) is 1. The largest absolute Gasteiger partial charge is 0.497 e. The lowest BCUT2D eigenvalue weighted by Gasteiger charge is -2.23. The molecule has 1 heterocycles. The number of likely N-dealkylation sites (tertiary alicyclic amines) is 1. The fourth-order valence-corrected chi connectivity index (χ4v) is 2.96. The molecule has 0 bridgehead atoms. The first-order valence-electron chi connectivity index (χ1n) is 8.59. The van der Waals surface area contributed by atoms with Crippen molar-refractivity contribution >= 4 is 17.7 Å². The molecule has 0 radical (unpaired) electrons. The van der Waals surface area contributed by atoms with Gasteiger partial charge in [0, 0.05) is 12.2 Å². The molecule has 0 unspecified atom stereocenters. The van der Waals surface area contributed by atoms with Gasteiger partial charge in [0.25, 0.3) is 0 Å². The summed E-state index contributed by atoms with van der Waals surface area (Å²) in [5.41, 5.74) is 1.58. The van der Waals surface area contributed by atoms with E-state index in [-0.39, 0.29) is 12.5 Å². The van der Waals surface area contributed by atoms with E-state index in [1.807, 2.05) is 30.3 Å². The fourth-order valence-electron chi connectivity index (χ4n) is 2.96. The van der Waals surface area contributed by atoms with E-state index in [1.165, 1.54) is 4.90 Å². The van der Waals surface area contributed by atoms with Crippen molar-refractivity contribution in [3.05, 3.63) is 60.2 Å².